The van der Waals surface area contributed by atoms with Crippen LogP contribution in [0.25, 0.3) is 22.4 Å². The number of benzene rings is 5. The molecule has 5 aromatic carbocycles. The number of piperazine rings is 2. The number of nitrogens with zero attached hydrogens (tertiary/aromatic N) is 6. The van der Waals surface area contributed by atoms with Crippen LogP contribution >= 0.6 is 11.8 Å². The number of hydrogen-bond acceptors (Lipinski definition) is 11. The molecule has 1 aromatic heterocycles. The van der Waals surface area contributed by atoms with E-state index in [4.69, 9.17) is 0 Å². The molecule has 0 radical (unpaired) electrons. The fraction of sp³-hybridized carbons (Fsp3) is 0.314. The molecule has 16 heteroatoms. The molecule has 0 saturated carbocycles. The lowest BCUT2D eigenvalue weighted by atomic mass is 9.95. The van der Waals surface area contributed by atoms with Crippen LogP contribution in [-0.2, 0) is 18.4 Å². The summed E-state index contributed by atoms with van der Waals surface area (Å²) in [5.41, 5.74) is 7.88. The van der Waals surface area contributed by atoms with Crippen molar-refractivity contribution in [1.82, 2.24) is 19.7 Å². The number of anilines is 4. The van der Waals surface area contributed by atoms with Crippen LogP contribution in [0.5, 0.6) is 0 Å². The van der Waals surface area contributed by atoms with E-state index in [1.807, 2.05) is 79.2 Å². The second kappa shape index (κ2) is 22.2. The number of nitrogens with one attached hydrogen (secondary N) is 3. The van der Waals surface area contributed by atoms with E-state index >= 15 is 0 Å². The van der Waals surface area contributed by atoms with E-state index in [0.29, 0.717) is 34.9 Å². The molecule has 2 fully saturated rings. The quantitative estimate of drug-likeness (QED) is 0.0251. The number of aromatic nitrogens is 1. The molecule has 1 unspecified atom stereocenters. The maximum absolute atomic E-state index is 14.2. The summed E-state index contributed by atoms with van der Waals surface area (Å²) in [6.07, 6.45) is 0.864. The number of amides is 1. The summed E-state index contributed by atoms with van der Waals surface area (Å²) in [6, 6.07) is 37.1. The van der Waals surface area contributed by atoms with Crippen molar-refractivity contribution in [3.63, 3.8) is 0 Å². The van der Waals surface area contributed by atoms with Gasteiger partial charge in [-0.25, -0.2) is 9.11 Å². The first-order valence-corrected chi connectivity index (χ1v) is 24.9. The van der Waals surface area contributed by atoms with Gasteiger partial charge in [0.1, 0.15) is 22.9 Å². The van der Waals surface area contributed by atoms with Crippen LogP contribution in [-0.4, -0.2) is 115 Å². The van der Waals surface area contributed by atoms with Crippen LogP contribution in [0.3, 0.4) is 0 Å². The highest BCUT2D eigenvalue weighted by Crippen LogP contribution is 2.40. The highest BCUT2D eigenvalue weighted by Gasteiger charge is 2.28. The lowest BCUT2D eigenvalue weighted by molar-refractivity contribution is -0.384. The highest BCUT2D eigenvalue weighted by atomic mass is 32.2. The number of carbonyl (C=O) groups excluding carboxylic acids is 1. The molecule has 1 atom stereocenters. The van der Waals surface area contributed by atoms with Crippen LogP contribution < -0.4 is 25.2 Å². The normalized spacial score (nSPS) is 15.1. The van der Waals surface area contributed by atoms with Crippen LogP contribution in [0.2, 0.25) is 0 Å². The van der Waals surface area contributed by atoms with Crippen molar-refractivity contribution >= 4 is 57.5 Å². The van der Waals surface area contributed by atoms with Gasteiger partial charge in [-0.3, -0.25) is 14.9 Å². The summed E-state index contributed by atoms with van der Waals surface area (Å²) in [6.45, 7) is 11.3. The Hall–Kier alpha value is -6.04. The molecular weight excluding hydrogens is 886 g/mol. The van der Waals surface area contributed by atoms with E-state index in [1.54, 1.807) is 36.0 Å². The zero-order valence-electron chi connectivity index (χ0n) is 38.3. The van der Waals surface area contributed by atoms with Crippen LogP contribution in [0.4, 0.5) is 32.8 Å². The average molecular weight is 944 g/mol. The van der Waals surface area contributed by atoms with Gasteiger partial charge in [-0.1, -0.05) is 30.3 Å². The fourth-order valence-corrected chi connectivity index (χ4v) is 10.4. The molecule has 3 N–H and O–H groups in total. The first-order valence-electron chi connectivity index (χ1n) is 22.8. The van der Waals surface area contributed by atoms with Gasteiger partial charge in [0.15, 0.2) is 4.90 Å². The molecule has 0 spiro atoms. The van der Waals surface area contributed by atoms with Gasteiger partial charge < -0.3 is 39.4 Å². The van der Waals surface area contributed by atoms with Crippen molar-refractivity contribution < 1.29 is 18.7 Å². The van der Waals surface area contributed by atoms with Crippen LogP contribution in [0.15, 0.2) is 131 Å². The smallest absolute Gasteiger partial charge is 0.297 e. The van der Waals surface area contributed by atoms with Gasteiger partial charge >= 0.3 is 0 Å². The zero-order valence-corrected chi connectivity index (χ0v) is 39.9. The molecule has 13 nitrogen and oxygen atoms in total. The summed E-state index contributed by atoms with van der Waals surface area (Å²) in [5.74, 6) is 0.301. The zero-order chi connectivity index (χ0) is 46.9. The summed E-state index contributed by atoms with van der Waals surface area (Å²) in [5, 5.41) is 18.4. The van der Waals surface area contributed by atoms with Crippen molar-refractivity contribution in [1.29, 1.82) is 0 Å². The Morgan fingerprint density at radius 3 is 2.18 bits per heavy atom. The monoisotopic (exact) mass is 943 g/mol. The van der Waals surface area contributed by atoms with E-state index in [0.717, 1.165) is 115 Å². The molecule has 6 aromatic rings. The number of hydrogen-bond donors (Lipinski definition) is 3. The molecule has 3 heterocycles. The number of rotatable bonds is 18. The number of likely N-dealkylation sites (N-methyl/N-ethyl adjacent to an activating group) is 1. The van der Waals surface area contributed by atoms with Gasteiger partial charge in [-0.15, -0.1) is 11.8 Å². The first-order chi connectivity index (χ1) is 32.5. The van der Waals surface area contributed by atoms with E-state index in [9.17, 15) is 23.9 Å². The molecule has 1 amide bonds. The largest absolute Gasteiger partial charge is 0.588 e. The summed E-state index contributed by atoms with van der Waals surface area (Å²) < 4.78 is 32.6. The predicted octanol–water partition coefficient (Wildman–Crippen LogP) is 8.75. The number of thioether (sulfide) groups is 1. The third-order valence-corrected chi connectivity index (χ3v) is 14.7. The van der Waals surface area contributed by atoms with Gasteiger partial charge in [0.25, 0.3) is 11.6 Å². The minimum atomic E-state index is -1.73. The molecule has 350 valence electrons. The third-order valence-electron chi connectivity index (χ3n) is 12.6. The molecule has 67 heavy (non-hydrogen) atoms. The van der Waals surface area contributed by atoms with Crippen molar-refractivity contribution in [2.24, 2.45) is 7.05 Å². The number of nitro groups is 1. The predicted molar refractivity (Wildman–Crippen MR) is 272 cm³/mol. The summed E-state index contributed by atoms with van der Waals surface area (Å²) >= 11 is -0.0630. The van der Waals surface area contributed by atoms with Crippen molar-refractivity contribution in [2.45, 2.75) is 23.1 Å². The van der Waals surface area contributed by atoms with Crippen LogP contribution in [0.1, 0.15) is 22.5 Å². The van der Waals surface area contributed by atoms with Gasteiger partial charge in [0, 0.05) is 106 Å². The molecule has 0 aliphatic carbocycles. The first kappa shape index (κ1) is 47.5. The Labute approximate surface area is 399 Å². The maximum Gasteiger partial charge on any atom is 0.297 e. The topological polar surface area (TPSA) is 137 Å². The van der Waals surface area contributed by atoms with E-state index in [1.165, 1.54) is 18.2 Å². The minimum Gasteiger partial charge on any atom is -0.588 e. The summed E-state index contributed by atoms with van der Waals surface area (Å²) in [4.78, 5) is 36.6. The van der Waals surface area contributed by atoms with Gasteiger partial charge in [0.05, 0.1) is 27.9 Å². The van der Waals surface area contributed by atoms with Gasteiger partial charge in [0.2, 0.25) is 0 Å². The Balaban J connectivity index is 0.900. The average Bonchev–Trinajstić information content (AvgIpc) is 3.62. The molecule has 2 aliphatic heterocycles. The van der Waals surface area contributed by atoms with Gasteiger partial charge in [-0.2, -0.15) is 0 Å². The maximum atomic E-state index is 14.2. The van der Waals surface area contributed by atoms with Crippen molar-refractivity contribution in [2.75, 3.05) is 105 Å². The van der Waals surface area contributed by atoms with Gasteiger partial charge in [-0.05, 0) is 123 Å². The van der Waals surface area contributed by atoms with Crippen LogP contribution in [0, 0.1) is 22.9 Å². The fourth-order valence-electron chi connectivity index (χ4n) is 8.76. The standard InChI is InChI=1S/C51H58FN9O4S2/c1-37-48(51(62)54-23-8-25-58-28-26-56(2)27-29-58)49(50(57(37)3)38-13-15-40(52)16-14-38)39-9-7-10-43(35-39)60-32-30-59(31-33-60)42-19-17-41(18-20-42)55-67(65)45-21-22-46(47(36-45)61(63)64)53-24-34-66-44-11-5-4-6-12-44/h4-7,9-22,35-36,53,55H,8,23-34H2,1-3H3,(H,54,62). The molecular formula is C51H58FN9O4S2. The number of halogens is 1. The second-order valence-corrected chi connectivity index (χ2v) is 19.4. The van der Waals surface area contributed by atoms with Crippen molar-refractivity contribution in [3.8, 4) is 22.4 Å². The Kier molecular flexibility index (Phi) is 15.7. The number of carbonyl (C=O) groups is 1. The molecule has 0 bridgehead atoms. The Morgan fingerprint density at radius 1 is 0.776 bits per heavy atom. The highest BCUT2D eigenvalue weighted by molar-refractivity contribution is 7.99. The number of nitro benzene ring substituents is 1. The SMILES string of the molecule is Cc1c(C(=O)NCCCN2CCN(C)CC2)c(-c2cccc(N3CCN(c4ccc(N[S+]([O-])c5ccc(NCCSc6ccccc6)c([N+](=O)[O-])c5)cc4)CC3)c2)c(-c2ccc(F)cc2)n1C. The molecule has 2 saturated heterocycles. The third kappa shape index (κ3) is 11.7. The molecule has 2 aliphatic rings. The second-order valence-electron chi connectivity index (χ2n) is 17.0. The lowest BCUT2D eigenvalue weighted by Gasteiger charge is -2.37. The van der Waals surface area contributed by atoms with E-state index < -0.39 is 16.3 Å². The molecule has 8 rings (SSSR count). The Morgan fingerprint density at radius 2 is 1.48 bits per heavy atom. The summed E-state index contributed by atoms with van der Waals surface area (Å²) in [7, 11) is 4.12. The van der Waals surface area contributed by atoms with E-state index in [2.05, 4.69) is 60.2 Å². The Bertz CT molecular complexity index is 2620. The lowest BCUT2D eigenvalue weighted by Crippen LogP contribution is -2.46. The minimum absolute atomic E-state index is 0.114. The van der Waals surface area contributed by atoms with E-state index in [-0.39, 0.29) is 17.4 Å². The van der Waals surface area contributed by atoms with Crippen molar-refractivity contribution in [3.05, 3.63) is 149 Å².